The summed E-state index contributed by atoms with van der Waals surface area (Å²) in [6.07, 6.45) is 7.00. The Bertz CT molecular complexity index is 1380. The van der Waals surface area contributed by atoms with Crippen molar-refractivity contribution in [2.75, 3.05) is 5.73 Å². The number of rotatable bonds is 4. The Morgan fingerprint density at radius 1 is 1.23 bits per heavy atom. The van der Waals surface area contributed by atoms with E-state index in [-0.39, 0.29) is 5.92 Å². The highest BCUT2D eigenvalue weighted by Gasteiger charge is 2.46. The van der Waals surface area contributed by atoms with Gasteiger partial charge in [-0.1, -0.05) is 0 Å². The van der Waals surface area contributed by atoms with E-state index in [0.717, 1.165) is 16.5 Å². The topological polar surface area (TPSA) is 135 Å². The van der Waals surface area contributed by atoms with Crippen molar-refractivity contribution in [2.24, 2.45) is 13.0 Å². The van der Waals surface area contributed by atoms with E-state index < -0.39 is 5.54 Å². The summed E-state index contributed by atoms with van der Waals surface area (Å²) in [5.41, 5.74) is 9.19. The van der Waals surface area contributed by atoms with E-state index in [9.17, 15) is 10.5 Å². The molecule has 152 valence electrons. The molecule has 4 aromatic heterocycles. The van der Waals surface area contributed by atoms with Crippen molar-refractivity contribution in [3.05, 3.63) is 42.9 Å². The molecule has 4 heterocycles. The maximum atomic E-state index is 9.33. The van der Waals surface area contributed by atoms with Gasteiger partial charge in [0.05, 0.1) is 46.8 Å². The van der Waals surface area contributed by atoms with Crippen LogP contribution in [0.2, 0.25) is 0 Å². The van der Waals surface area contributed by atoms with Crippen molar-refractivity contribution in [1.82, 2.24) is 29.5 Å². The molecule has 4 aromatic rings. The van der Waals surface area contributed by atoms with Crippen LogP contribution in [0, 0.1) is 28.6 Å². The van der Waals surface area contributed by atoms with Gasteiger partial charge in [-0.15, -0.1) is 0 Å². The molecular weight excluding hydrogens is 390 g/mol. The first-order valence-electron chi connectivity index (χ1n) is 9.91. The fraction of sp³-hybridized carbons (Fsp3) is 0.273. The predicted molar refractivity (Wildman–Crippen MR) is 114 cm³/mol. The number of nitrogens with zero attached hydrogens (tertiary/aromatic N) is 8. The van der Waals surface area contributed by atoms with E-state index in [1.165, 1.54) is 0 Å². The van der Waals surface area contributed by atoms with Gasteiger partial charge in [-0.05, 0) is 37.1 Å². The molecule has 0 amide bonds. The van der Waals surface area contributed by atoms with Crippen molar-refractivity contribution in [3.63, 3.8) is 0 Å². The first kappa shape index (κ1) is 18.8. The van der Waals surface area contributed by atoms with Gasteiger partial charge in [0.2, 0.25) is 0 Å². The second-order valence-corrected chi connectivity index (χ2v) is 7.97. The maximum Gasteiger partial charge on any atom is 0.154 e. The minimum absolute atomic E-state index is 0.0407. The van der Waals surface area contributed by atoms with Crippen LogP contribution in [0.5, 0.6) is 0 Å². The van der Waals surface area contributed by atoms with Gasteiger partial charge in [0.1, 0.15) is 11.4 Å². The molecule has 1 aliphatic rings. The van der Waals surface area contributed by atoms with Gasteiger partial charge in [0.25, 0.3) is 0 Å². The second-order valence-electron chi connectivity index (χ2n) is 7.97. The molecule has 0 unspecified atom stereocenters. The number of hydrogen-bond donors (Lipinski definition) is 1. The number of aryl methyl sites for hydroxylation is 1. The lowest BCUT2D eigenvalue weighted by molar-refractivity contribution is 0.0884. The molecule has 2 N–H and O–H groups in total. The van der Waals surface area contributed by atoms with Crippen molar-refractivity contribution < 1.29 is 0 Å². The molecule has 0 aliphatic heterocycles. The van der Waals surface area contributed by atoms with E-state index in [0.29, 0.717) is 42.2 Å². The third-order valence-corrected chi connectivity index (χ3v) is 5.89. The Morgan fingerprint density at radius 2 is 2.06 bits per heavy atom. The summed E-state index contributed by atoms with van der Waals surface area (Å²) in [5, 5.41) is 28.4. The van der Waals surface area contributed by atoms with E-state index in [1.54, 1.807) is 10.9 Å². The normalized spacial score (nSPS) is 20.2. The van der Waals surface area contributed by atoms with Crippen LogP contribution in [0.15, 0.2) is 42.9 Å². The molecule has 0 bridgehead atoms. The summed E-state index contributed by atoms with van der Waals surface area (Å²) >= 11 is 0. The van der Waals surface area contributed by atoms with Gasteiger partial charge in [0, 0.05) is 31.0 Å². The number of nitriles is 2. The summed E-state index contributed by atoms with van der Waals surface area (Å²) in [5.74, 6) is 0.354. The quantitative estimate of drug-likeness (QED) is 0.547. The summed E-state index contributed by atoms with van der Waals surface area (Å²) in [4.78, 5) is 9.37. The summed E-state index contributed by atoms with van der Waals surface area (Å²) < 4.78 is 3.48. The molecule has 1 fully saturated rings. The third-order valence-electron chi connectivity index (χ3n) is 5.89. The average Bonchev–Trinajstić information content (AvgIpc) is 3.36. The number of fused-ring (bicyclic) bond motifs is 1. The average molecular weight is 409 g/mol. The van der Waals surface area contributed by atoms with Crippen LogP contribution < -0.4 is 5.73 Å². The highest BCUT2D eigenvalue weighted by molar-refractivity contribution is 5.94. The van der Waals surface area contributed by atoms with Crippen molar-refractivity contribution in [2.45, 2.75) is 24.8 Å². The third kappa shape index (κ3) is 2.99. The van der Waals surface area contributed by atoms with E-state index >= 15 is 0 Å². The molecule has 0 saturated heterocycles. The highest BCUT2D eigenvalue weighted by Crippen LogP contribution is 2.46. The number of nitrogens with two attached hydrogens (primary N) is 1. The number of pyridine rings is 2. The standard InChI is InChI=1S/C22H19N9/c1-30-13-16(21(25)29-30)19-9-18-15(3-2-7-26-18)20(27-19)17-4-8-31(28-17)22(5-6-23)10-14(11-22)12-24/h2-4,7-9,13-14H,5,10-11H2,1H3,(H2,25,29)/t14-,22-. The van der Waals surface area contributed by atoms with E-state index in [4.69, 9.17) is 15.8 Å². The summed E-state index contributed by atoms with van der Waals surface area (Å²) in [6, 6.07) is 12.1. The molecule has 0 spiro atoms. The minimum Gasteiger partial charge on any atom is -0.382 e. The smallest absolute Gasteiger partial charge is 0.154 e. The van der Waals surface area contributed by atoms with Gasteiger partial charge in [-0.2, -0.15) is 20.7 Å². The van der Waals surface area contributed by atoms with Crippen LogP contribution in [0.1, 0.15) is 19.3 Å². The lowest BCUT2D eigenvalue weighted by Gasteiger charge is -2.43. The molecule has 9 heteroatoms. The molecular formula is C22H19N9. The number of nitrogen functional groups attached to an aromatic ring is 1. The van der Waals surface area contributed by atoms with Crippen molar-refractivity contribution in [3.8, 4) is 34.8 Å². The first-order chi connectivity index (χ1) is 15.0. The Labute approximate surface area is 178 Å². The SMILES string of the molecule is Cn1cc(-c2cc3ncccc3c(-c3ccn([C@]4(CC#N)C[C@@H](C#N)C4)n3)n2)c(N)n1. The molecule has 1 saturated carbocycles. The molecule has 5 rings (SSSR count). The van der Waals surface area contributed by atoms with Gasteiger partial charge >= 0.3 is 0 Å². The maximum absolute atomic E-state index is 9.33. The molecule has 9 nitrogen and oxygen atoms in total. The van der Waals surface area contributed by atoms with Crippen molar-refractivity contribution >= 4 is 16.7 Å². The summed E-state index contributed by atoms with van der Waals surface area (Å²) in [7, 11) is 1.81. The van der Waals surface area contributed by atoms with Crippen molar-refractivity contribution in [1.29, 1.82) is 10.5 Å². The number of aromatic nitrogens is 6. The van der Waals surface area contributed by atoms with Gasteiger partial charge < -0.3 is 5.73 Å². The lowest BCUT2D eigenvalue weighted by atomic mass is 9.67. The predicted octanol–water partition coefficient (Wildman–Crippen LogP) is 3.02. The Kier molecular flexibility index (Phi) is 4.19. The molecule has 31 heavy (non-hydrogen) atoms. The fourth-order valence-electron chi connectivity index (χ4n) is 4.33. The lowest BCUT2D eigenvalue weighted by Crippen LogP contribution is -2.46. The van der Waals surface area contributed by atoms with E-state index in [2.05, 4.69) is 22.2 Å². The Balaban J connectivity index is 1.64. The van der Waals surface area contributed by atoms with Crippen LogP contribution in [-0.4, -0.2) is 29.5 Å². The van der Waals surface area contributed by atoms with Crippen LogP contribution in [-0.2, 0) is 12.6 Å². The summed E-state index contributed by atoms with van der Waals surface area (Å²) in [6.45, 7) is 0. The zero-order valence-corrected chi connectivity index (χ0v) is 16.9. The van der Waals surface area contributed by atoms with Crippen LogP contribution in [0.3, 0.4) is 0 Å². The minimum atomic E-state index is -0.438. The van der Waals surface area contributed by atoms with Gasteiger partial charge in [0.15, 0.2) is 5.82 Å². The number of anilines is 1. The van der Waals surface area contributed by atoms with E-state index in [1.807, 2.05) is 48.4 Å². The largest absolute Gasteiger partial charge is 0.382 e. The first-order valence-corrected chi connectivity index (χ1v) is 9.91. The fourth-order valence-corrected chi connectivity index (χ4v) is 4.33. The molecule has 1 aliphatic carbocycles. The van der Waals surface area contributed by atoms with Crippen LogP contribution in [0.4, 0.5) is 5.82 Å². The van der Waals surface area contributed by atoms with Crippen LogP contribution >= 0.6 is 0 Å². The molecule has 0 atom stereocenters. The highest BCUT2D eigenvalue weighted by atomic mass is 15.3. The Hall–Kier alpha value is -4.24. The molecule has 0 radical (unpaired) electrons. The Morgan fingerprint density at radius 3 is 2.77 bits per heavy atom. The monoisotopic (exact) mass is 409 g/mol. The van der Waals surface area contributed by atoms with Gasteiger partial charge in [-0.25, -0.2) is 4.98 Å². The zero-order chi connectivity index (χ0) is 21.6. The number of hydrogen-bond acceptors (Lipinski definition) is 7. The zero-order valence-electron chi connectivity index (χ0n) is 16.9. The van der Waals surface area contributed by atoms with Gasteiger partial charge in [-0.3, -0.25) is 14.3 Å². The van der Waals surface area contributed by atoms with Crippen LogP contribution in [0.25, 0.3) is 33.5 Å². The molecule has 0 aromatic carbocycles. The second kappa shape index (κ2) is 6.92.